The molecule has 1 aliphatic heterocycles. The first-order valence-corrected chi connectivity index (χ1v) is 13.8. The molecule has 0 N–H and O–H groups in total. The van der Waals surface area contributed by atoms with E-state index in [1.807, 2.05) is 0 Å². The maximum Gasteiger partial charge on any atom is 0.337 e. The van der Waals surface area contributed by atoms with Crippen LogP contribution in [0.5, 0.6) is 0 Å². The zero-order chi connectivity index (χ0) is 32.1. The minimum atomic E-state index is -1.67. The number of hydrogen-bond donors (Lipinski definition) is 0. The number of nitrogens with zero attached hydrogens (tertiary/aromatic N) is 3. The molecule has 3 aromatic rings. The molecule has 1 saturated heterocycles. The van der Waals surface area contributed by atoms with Crippen molar-refractivity contribution in [2.24, 2.45) is 0 Å². The summed E-state index contributed by atoms with van der Waals surface area (Å²) in [6.07, 6.45) is -2.48. The van der Waals surface area contributed by atoms with Crippen LogP contribution in [0.2, 0.25) is 0 Å². The summed E-state index contributed by atoms with van der Waals surface area (Å²) in [6, 6.07) is 6.55. The predicted octanol–water partition coefficient (Wildman–Crippen LogP) is 3.63. The lowest BCUT2D eigenvalue weighted by atomic mass is 9.96. The number of rotatable bonds is 9. The molecule has 44 heavy (non-hydrogen) atoms. The van der Waals surface area contributed by atoms with Crippen molar-refractivity contribution in [3.63, 3.8) is 0 Å². The van der Waals surface area contributed by atoms with E-state index >= 15 is 0 Å². The molecular weight excluding hydrogens is 611 g/mol. The summed E-state index contributed by atoms with van der Waals surface area (Å²) < 4.78 is 70.1. The number of benzene rings is 2. The van der Waals surface area contributed by atoms with Crippen LogP contribution in [0.1, 0.15) is 37.2 Å². The van der Waals surface area contributed by atoms with Gasteiger partial charge in [0.25, 0.3) is 0 Å². The van der Waals surface area contributed by atoms with E-state index in [1.54, 1.807) is 12.1 Å². The van der Waals surface area contributed by atoms with Gasteiger partial charge < -0.3 is 23.7 Å². The van der Waals surface area contributed by atoms with Crippen LogP contribution in [0.25, 0.3) is 11.3 Å². The first kappa shape index (κ1) is 32.5. The number of esters is 4. The van der Waals surface area contributed by atoms with Gasteiger partial charge in [-0.1, -0.05) is 23.0 Å². The maximum atomic E-state index is 14.0. The molecule has 4 rings (SSSR count). The summed E-state index contributed by atoms with van der Waals surface area (Å²) in [5.41, 5.74) is -1.11. The molecule has 0 radical (unpaired) electrons. The van der Waals surface area contributed by atoms with E-state index in [-0.39, 0.29) is 16.8 Å². The first-order valence-electron chi connectivity index (χ1n) is 12.9. The zero-order valence-corrected chi connectivity index (χ0v) is 24.5. The van der Waals surface area contributed by atoms with Gasteiger partial charge in [0.15, 0.2) is 29.7 Å². The fraction of sp³-hybridized carbons (Fsp3) is 0.357. The van der Waals surface area contributed by atoms with Crippen molar-refractivity contribution in [3.05, 3.63) is 65.6 Å². The van der Waals surface area contributed by atoms with Crippen LogP contribution in [0, 0.1) is 17.5 Å². The lowest BCUT2D eigenvalue weighted by Gasteiger charge is -2.44. The quantitative estimate of drug-likeness (QED) is 0.192. The summed E-state index contributed by atoms with van der Waals surface area (Å²) >= 11 is 1.03. The average molecular weight is 638 g/mol. The van der Waals surface area contributed by atoms with E-state index in [0.717, 1.165) is 49.3 Å². The van der Waals surface area contributed by atoms with Crippen LogP contribution < -0.4 is 0 Å². The number of aromatic nitrogens is 3. The second-order valence-electron chi connectivity index (χ2n) is 9.46. The summed E-state index contributed by atoms with van der Waals surface area (Å²) in [6.45, 7) is 3.03. The van der Waals surface area contributed by atoms with Gasteiger partial charge in [-0.3, -0.25) is 14.4 Å². The topological polar surface area (TPSA) is 145 Å². The fourth-order valence-electron chi connectivity index (χ4n) is 4.49. The Morgan fingerprint density at radius 2 is 1.61 bits per heavy atom. The smallest absolute Gasteiger partial charge is 0.337 e. The number of carbonyl (C=O) groups is 4. The van der Waals surface area contributed by atoms with E-state index in [2.05, 4.69) is 10.3 Å². The van der Waals surface area contributed by atoms with Gasteiger partial charge in [0.1, 0.15) is 29.9 Å². The summed E-state index contributed by atoms with van der Waals surface area (Å²) in [7, 11) is 1.23. The van der Waals surface area contributed by atoms with Crippen LogP contribution in [-0.2, 0) is 38.1 Å². The van der Waals surface area contributed by atoms with E-state index in [4.69, 9.17) is 23.7 Å². The number of halogens is 3. The number of ether oxygens (including phenoxy) is 5. The summed E-state index contributed by atoms with van der Waals surface area (Å²) in [4.78, 5) is 48.9. The Bertz CT molecular complexity index is 1550. The summed E-state index contributed by atoms with van der Waals surface area (Å²) in [5.74, 6) is -7.35. The monoisotopic (exact) mass is 637 g/mol. The van der Waals surface area contributed by atoms with Crippen molar-refractivity contribution in [2.75, 3.05) is 13.7 Å². The van der Waals surface area contributed by atoms with Gasteiger partial charge in [-0.05, 0) is 30.3 Å². The fourth-order valence-corrected chi connectivity index (χ4v) is 5.65. The molecule has 0 spiro atoms. The Morgan fingerprint density at radius 3 is 2.23 bits per heavy atom. The third kappa shape index (κ3) is 7.55. The molecule has 3 unspecified atom stereocenters. The molecule has 12 nitrogen and oxygen atoms in total. The van der Waals surface area contributed by atoms with Gasteiger partial charge in [0.2, 0.25) is 0 Å². The third-order valence-corrected chi connectivity index (χ3v) is 7.41. The van der Waals surface area contributed by atoms with Crippen molar-refractivity contribution in [1.29, 1.82) is 0 Å². The molecule has 5 atom stereocenters. The van der Waals surface area contributed by atoms with Gasteiger partial charge in [-0.2, -0.15) is 0 Å². The average Bonchev–Trinajstić information content (AvgIpc) is 3.45. The molecule has 1 aliphatic rings. The van der Waals surface area contributed by atoms with Gasteiger partial charge in [-0.25, -0.2) is 22.6 Å². The molecule has 2 heterocycles. The standard InChI is InChI=1S/C28H26F3N3O9S/c1-13(35)40-12-22-25(41-14(2)36)24(34-11-21(32-33-34)17-9-19(29)23(31)20(30)10-17)26(42-15(3)37)28(43-22)44-18-7-5-6-16(8-18)27(38)39-4/h5-11,22,24-26,28H,12H2,1-4H3/t22?,24?,25-,26?,28+/m0/s1. The summed E-state index contributed by atoms with van der Waals surface area (Å²) in [5, 5.41) is 7.99. The van der Waals surface area contributed by atoms with E-state index < -0.39 is 77.7 Å². The highest BCUT2D eigenvalue weighted by atomic mass is 32.2. The number of hydrogen-bond acceptors (Lipinski definition) is 12. The van der Waals surface area contributed by atoms with Crippen molar-refractivity contribution >= 4 is 35.6 Å². The normalized spacial score (nSPS) is 21.3. The number of methoxy groups -OCH3 is 1. The Labute approximate surface area is 252 Å². The highest BCUT2D eigenvalue weighted by Crippen LogP contribution is 2.41. The van der Waals surface area contributed by atoms with Crippen LogP contribution in [0.3, 0.4) is 0 Å². The molecule has 0 bridgehead atoms. The largest absolute Gasteiger partial charge is 0.465 e. The maximum absolute atomic E-state index is 14.0. The van der Waals surface area contributed by atoms with Crippen LogP contribution in [-0.4, -0.2) is 76.3 Å². The van der Waals surface area contributed by atoms with Crippen molar-refractivity contribution in [1.82, 2.24) is 15.0 Å². The molecule has 234 valence electrons. The van der Waals surface area contributed by atoms with Crippen molar-refractivity contribution in [2.45, 2.75) is 55.5 Å². The molecule has 1 aromatic heterocycles. The lowest BCUT2D eigenvalue weighted by Crippen LogP contribution is -2.57. The lowest BCUT2D eigenvalue weighted by molar-refractivity contribution is -0.212. The second kappa shape index (κ2) is 13.9. The third-order valence-electron chi connectivity index (χ3n) is 6.27. The van der Waals surface area contributed by atoms with Gasteiger partial charge in [-0.15, -0.1) is 5.10 Å². The number of carbonyl (C=O) groups excluding carboxylic acids is 4. The Hall–Kier alpha value is -4.44. The van der Waals surface area contributed by atoms with Gasteiger partial charge >= 0.3 is 23.9 Å². The van der Waals surface area contributed by atoms with Crippen LogP contribution in [0.15, 0.2) is 47.5 Å². The van der Waals surface area contributed by atoms with Gasteiger partial charge in [0, 0.05) is 31.2 Å². The highest BCUT2D eigenvalue weighted by Gasteiger charge is 2.52. The van der Waals surface area contributed by atoms with Crippen molar-refractivity contribution in [3.8, 4) is 11.3 Å². The Kier molecular flexibility index (Phi) is 10.3. The molecule has 0 amide bonds. The molecule has 0 aliphatic carbocycles. The molecular formula is C28H26F3N3O9S. The van der Waals surface area contributed by atoms with Crippen molar-refractivity contribution < 1.29 is 56.0 Å². The van der Waals surface area contributed by atoms with E-state index in [9.17, 15) is 32.3 Å². The SMILES string of the molecule is COC(=O)c1cccc(S[C@H]2OC(COC(C)=O)[C@H](OC(C)=O)C(n3cc(-c4cc(F)c(F)c(F)c4)nn3)C2OC(C)=O)c1. The van der Waals surface area contributed by atoms with Crippen LogP contribution in [0.4, 0.5) is 13.2 Å². The molecule has 2 aromatic carbocycles. The molecule has 0 saturated carbocycles. The van der Waals surface area contributed by atoms with Gasteiger partial charge in [0.05, 0.1) is 18.9 Å². The molecule has 1 fully saturated rings. The second-order valence-corrected chi connectivity index (χ2v) is 10.6. The zero-order valence-electron chi connectivity index (χ0n) is 23.7. The van der Waals surface area contributed by atoms with Crippen LogP contribution >= 0.6 is 11.8 Å². The highest BCUT2D eigenvalue weighted by molar-refractivity contribution is 7.99. The minimum Gasteiger partial charge on any atom is -0.465 e. The Morgan fingerprint density at radius 1 is 0.955 bits per heavy atom. The Balaban J connectivity index is 1.82. The van der Waals surface area contributed by atoms with E-state index in [0.29, 0.717) is 4.90 Å². The molecule has 16 heteroatoms. The number of thioether (sulfide) groups is 1. The first-order chi connectivity index (χ1) is 20.9. The predicted molar refractivity (Wildman–Crippen MR) is 144 cm³/mol. The van der Waals surface area contributed by atoms with E-state index in [1.165, 1.54) is 25.4 Å². The minimum absolute atomic E-state index is 0.0936.